The number of aryl methyl sites for hydroxylation is 1. The van der Waals surface area contributed by atoms with Crippen molar-refractivity contribution >= 4 is 19.7 Å². The summed E-state index contributed by atoms with van der Waals surface area (Å²) in [5.41, 5.74) is 0.326. The van der Waals surface area contributed by atoms with Crippen LogP contribution in [-0.4, -0.2) is 27.7 Å². The molecule has 0 saturated carbocycles. The van der Waals surface area contributed by atoms with Crippen molar-refractivity contribution in [3.05, 3.63) is 23.8 Å². The van der Waals surface area contributed by atoms with Crippen LogP contribution in [0.2, 0.25) is 0 Å². The van der Waals surface area contributed by atoms with Gasteiger partial charge in [0.15, 0.2) is 0 Å². The van der Waals surface area contributed by atoms with Gasteiger partial charge in [-0.15, -0.1) is 0 Å². The average Bonchev–Trinajstić information content (AvgIpc) is 2.27. The molecule has 0 aliphatic rings. The van der Waals surface area contributed by atoms with Crippen LogP contribution < -0.4 is 4.74 Å². The predicted octanol–water partition coefficient (Wildman–Crippen LogP) is 3.12. The van der Waals surface area contributed by atoms with Crippen LogP contribution in [0.1, 0.15) is 25.8 Å². The van der Waals surface area contributed by atoms with Gasteiger partial charge in [0.25, 0.3) is 9.05 Å². The van der Waals surface area contributed by atoms with Crippen LogP contribution in [0.4, 0.5) is 0 Å². The van der Waals surface area contributed by atoms with Crippen LogP contribution in [0, 0.1) is 6.92 Å². The van der Waals surface area contributed by atoms with E-state index in [2.05, 4.69) is 0 Å². The van der Waals surface area contributed by atoms with Gasteiger partial charge in [0.2, 0.25) is 0 Å². The van der Waals surface area contributed by atoms with E-state index in [1.165, 1.54) is 6.07 Å². The molecule has 0 unspecified atom stereocenters. The monoisotopic (exact) mass is 306 g/mol. The fourth-order valence-corrected chi connectivity index (χ4v) is 2.70. The Morgan fingerprint density at radius 1 is 1.32 bits per heavy atom. The molecule has 1 rings (SSSR count). The van der Waals surface area contributed by atoms with Gasteiger partial charge in [-0.1, -0.05) is 0 Å². The van der Waals surface area contributed by atoms with E-state index in [0.717, 1.165) is 6.42 Å². The lowest BCUT2D eigenvalue weighted by molar-refractivity contribution is 0.00545. The quantitative estimate of drug-likeness (QED) is 0.758. The minimum absolute atomic E-state index is 0.110. The maximum atomic E-state index is 11.3. The predicted molar refractivity (Wildman–Crippen MR) is 75.4 cm³/mol. The summed E-state index contributed by atoms with van der Waals surface area (Å²) in [5.74, 6) is 0.619. The summed E-state index contributed by atoms with van der Waals surface area (Å²) in [6, 6.07) is 4.71. The zero-order chi connectivity index (χ0) is 14.7. The first-order valence-electron chi connectivity index (χ1n) is 5.89. The van der Waals surface area contributed by atoms with Crippen LogP contribution >= 0.6 is 10.7 Å². The molecule has 0 atom stereocenters. The Kier molecular flexibility index (Phi) is 5.24. The summed E-state index contributed by atoms with van der Waals surface area (Å²) in [6.07, 6.45) is 0.734. The average molecular weight is 307 g/mol. The van der Waals surface area contributed by atoms with E-state index in [1.807, 2.05) is 13.8 Å². The molecule has 0 aliphatic heterocycles. The Labute approximate surface area is 119 Å². The topological polar surface area (TPSA) is 52.6 Å². The van der Waals surface area contributed by atoms with Gasteiger partial charge < -0.3 is 9.47 Å². The third-order valence-corrected chi connectivity index (χ3v) is 4.42. The Morgan fingerprint density at radius 2 is 1.95 bits per heavy atom. The van der Waals surface area contributed by atoms with Crippen LogP contribution in [0.5, 0.6) is 5.75 Å². The van der Waals surface area contributed by atoms with Gasteiger partial charge in [0.05, 0.1) is 17.1 Å². The lowest BCUT2D eigenvalue weighted by Crippen LogP contribution is -2.25. The second kappa shape index (κ2) is 6.11. The van der Waals surface area contributed by atoms with Crippen molar-refractivity contribution in [1.82, 2.24) is 0 Å². The van der Waals surface area contributed by atoms with Crippen molar-refractivity contribution in [3.63, 3.8) is 0 Å². The van der Waals surface area contributed by atoms with Crippen molar-refractivity contribution < 1.29 is 17.9 Å². The Morgan fingerprint density at radius 3 is 2.42 bits per heavy atom. The summed E-state index contributed by atoms with van der Waals surface area (Å²) < 4.78 is 33.4. The number of rotatable bonds is 6. The molecule has 19 heavy (non-hydrogen) atoms. The van der Waals surface area contributed by atoms with Crippen LogP contribution in [0.3, 0.4) is 0 Å². The van der Waals surface area contributed by atoms with Crippen LogP contribution in [-0.2, 0) is 13.8 Å². The molecule has 0 amide bonds. The molecule has 1 aromatic rings. The highest BCUT2D eigenvalue weighted by atomic mass is 35.7. The number of benzene rings is 1. The highest BCUT2D eigenvalue weighted by Crippen LogP contribution is 2.24. The highest BCUT2D eigenvalue weighted by Gasteiger charge is 2.17. The molecule has 0 aromatic heterocycles. The van der Waals surface area contributed by atoms with Gasteiger partial charge in [0.1, 0.15) is 5.75 Å². The number of hydrogen-bond donors (Lipinski definition) is 0. The van der Waals surface area contributed by atoms with Gasteiger partial charge in [-0.05, 0) is 44.5 Å². The van der Waals surface area contributed by atoms with E-state index in [-0.39, 0.29) is 10.5 Å². The summed E-state index contributed by atoms with van der Waals surface area (Å²) in [4.78, 5) is 0.110. The molecular formula is C13H19ClO4S. The maximum Gasteiger partial charge on any atom is 0.261 e. The maximum absolute atomic E-state index is 11.3. The molecule has 1 aromatic carbocycles. The Bertz CT molecular complexity index is 538. The van der Waals surface area contributed by atoms with E-state index < -0.39 is 9.05 Å². The summed E-state index contributed by atoms with van der Waals surface area (Å²) >= 11 is 0. The zero-order valence-electron chi connectivity index (χ0n) is 11.6. The summed E-state index contributed by atoms with van der Waals surface area (Å²) in [6.45, 7) is 6.13. The molecular weight excluding hydrogens is 288 g/mol. The molecule has 0 spiro atoms. The standard InChI is InChI=1S/C13H19ClO4S/c1-10-9-11(5-6-12(10)19(14,15)16)18-8-7-13(2,3)17-4/h5-6,9H,7-8H2,1-4H3. The minimum atomic E-state index is -3.70. The number of halogens is 1. The minimum Gasteiger partial charge on any atom is -0.493 e. The fraction of sp³-hybridized carbons (Fsp3) is 0.538. The molecule has 0 bridgehead atoms. The van der Waals surface area contributed by atoms with Gasteiger partial charge in [-0.3, -0.25) is 0 Å². The number of hydrogen-bond acceptors (Lipinski definition) is 4. The van der Waals surface area contributed by atoms with Crippen molar-refractivity contribution in [2.24, 2.45) is 0 Å². The largest absolute Gasteiger partial charge is 0.493 e. The molecule has 108 valence electrons. The van der Waals surface area contributed by atoms with Gasteiger partial charge in [0, 0.05) is 24.2 Å². The van der Waals surface area contributed by atoms with E-state index >= 15 is 0 Å². The first kappa shape index (κ1) is 16.3. The molecule has 0 heterocycles. The fourth-order valence-electron chi connectivity index (χ4n) is 1.50. The van der Waals surface area contributed by atoms with Gasteiger partial charge in [-0.25, -0.2) is 8.42 Å². The van der Waals surface area contributed by atoms with E-state index in [4.69, 9.17) is 20.2 Å². The van der Waals surface area contributed by atoms with Gasteiger partial charge in [-0.2, -0.15) is 0 Å². The van der Waals surface area contributed by atoms with Crippen molar-refractivity contribution in [3.8, 4) is 5.75 Å². The number of methoxy groups -OCH3 is 1. The lowest BCUT2D eigenvalue weighted by Gasteiger charge is -2.22. The molecule has 6 heteroatoms. The van der Waals surface area contributed by atoms with Crippen molar-refractivity contribution in [2.75, 3.05) is 13.7 Å². The Hall–Kier alpha value is -0.780. The second-order valence-electron chi connectivity index (χ2n) is 4.93. The molecule has 4 nitrogen and oxygen atoms in total. The van der Waals surface area contributed by atoms with E-state index in [9.17, 15) is 8.42 Å². The normalized spacial score (nSPS) is 12.5. The van der Waals surface area contributed by atoms with Gasteiger partial charge >= 0.3 is 0 Å². The lowest BCUT2D eigenvalue weighted by atomic mass is 10.1. The summed E-state index contributed by atoms with van der Waals surface area (Å²) in [5, 5.41) is 0. The molecule has 0 saturated heterocycles. The van der Waals surface area contributed by atoms with E-state index in [0.29, 0.717) is 17.9 Å². The highest BCUT2D eigenvalue weighted by molar-refractivity contribution is 8.13. The SMILES string of the molecule is COC(C)(C)CCOc1ccc(S(=O)(=O)Cl)c(C)c1. The third-order valence-electron chi connectivity index (χ3n) is 2.93. The first-order chi connectivity index (χ1) is 8.65. The third kappa shape index (κ3) is 5.01. The van der Waals surface area contributed by atoms with E-state index in [1.54, 1.807) is 26.2 Å². The molecule has 0 aliphatic carbocycles. The second-order valence-corrected chi connectivity index (χ2v) is 7.46. The van der Waals surface area contributed by atoms with Crippen molar-refractivity contribution in [1.29, 1.82) is 0 Å². The first-order valence-corrected chi connectivity index (χ1v) is 8.20. The van der Waals surface area contributed by atoms with Crippen LogP contribution in [0.25, 0.3) is 0 Å². The zero-order valence-corrected chi connectivity index (χ0v) is 13.1. The molecule has 0 radical (unpaired) electrons. The van der Waals surface area contributed by atoms with Crippen molar-refractivity contribution in [2.45, 2.75) is 37.7 Å². The van der Waals surface area contributed by atoms with Crippen LogP contribution in [0.15, 0.2) is 23.1 Å². The molecule has 0 N–H and O–H groups in total. The number of ether oxygens (including phenoxy) is 2. The smallest absolute Gasteiger partial charge is 0.261 e. The Balaban J connectivity index is 2.70. The molecule has 0 fully saturated rings. The summed E-state index contributed by atoms with van der Waals surface area (Å²) in [7, 11) is 3.27.